The molecule has 134 valence electrons. The SMILES string of the molecule is NN(c1c(F)cccc1F)S(=O)(=O)c1nc(C(=O)c2ccccc2)n[nH]1. The van der Waals surface area contributed by atoms with Crippen molar-refractivity contribution in [3.05, 3.63) is 71.6 Å². The van der Waals surface area contributed by atoms with Gasteiger partial charge in [0.25, 0.3) is 5.16 Å². The zero-order valence-corrected chi connectivity index (χ0v) is 13.7. The van der Waals surface area contributed by atoms with Crippen molar-refractivity contribution < 1.29 is 22.0 Å². The van der Waals surface area contributed by atoms with Crippen LogP contribution in [0.3, 0.4) is 0 Å². The number of H-pyrrole nitrogens is 1. The molecule has 0 spiro atoms. The van der Waals surface area contributed by atoms with E-state index in [2.05, 4.69) is 10.1 Å². The Balaban J connectivity index is 1.96. The minimum absolute atomic E-state index is 0.102. The second kappa shape index (κ2) is 6.61. The molecule has 0 atom stereocenters. The monoisotopic (exact) mass is 379 g/mol. The lowest BCUT2D eigenvalue weighted by atomic mass is 10.1. The molecule has 0 amide bonds. The van der Waals surface area contributed by atoms with Crippen LogP contribution in [0.1, 0.15) is 16.2 Å². The first kappa shape index (κ1) is 17.6. The van der Waals surface area contributed by atoms with Crippen LogP contribution in [0.5, 0.6) is 0 Å². The molecule has 3 aromatic rings. The third-order valence-electron chi connectivity index (χ3n) is 3.37. The lowest BCUT2D eigenvalue weighted by Gasteiger charge is -2.17. The zero-order valence-electron chi connectivity index (χ0n) is 12.9. The predicted octanol–water partition coefficient (Wildman–Crippen LogP) is 1.38. The van der Waals surface area contributed by atoms with E-state index in [1.54, 1.807) is 18.2 Å². The minimum Gasteiger partial charge on any atom is -0.285 e. The highest BCUT2D eigenvalue weighted by molar-refractivity contribution is 7.92. The Morgan fingerprint density at radius 2 is 1.65 bits per heavy atom. The Bertz CT molecular complexity index is 1050. The van der Waals surface area contributed by atoms with Gasteiger partial charge in [0, 0.05) is 5.56 Å². The summed E-state index contributed by atoms with van der Waals surface area (Å²) in [6.45, 7) is 0. The minimum atomic E-state index is -4.68. The van der Waals surface area contributed by atoms with Crippen molar-refractivity contribution in [2.75, 3.05) is 4.41 Å². The van der Waals surface area contributed by atoms with Gasteiger partial charge in [-0.15, -0.1) is 5.10 Å². The number of aromatic nitrogens is 3. The molecule has 0 bridgehead atoms. The highest BCUT2D eigenvalue weighted by atomic mass is 32.2. The largest absolute Gasteiger partial charge is 0.313 e. The quantitative estimate of drug-likeness (QED) is 0.392. The first-order valence-corrected chi connectivity index (χ1v) is 8.52. The normalized spacial score (nSPS) is 11.3. The smallest absolute Gasteiger partial charge is 0.285 e. The zero-order chi connectivity index (χ0) is 18.9. The van der Waals surface area contributed by atoms with Gasteiger partial charge in [-0.05, 0) is 12.1 Å². The molecule has 1 heterocycles. The molecule has 0 aliphatic rings. The van der Waals surface area contributed by atoms with Crippen molar-refractivity contribution in [1.82, 2.24) is 15.2 Å². The van der Waals surface area contributed by atoms with Gasteiger partial charge in [-0.3, -0.25) is 4.79 Å². The number of aromatic amines is 1. The van der Waals surface area contributed by atoms with Gasteiger partial charge in [-0.25, -0.2) is 19.7 Å². The van der Waals surface area contributed by atoms with Crippen molar-refractivity contribution in [1.29, 1.82) is 0 Å². The fourth-order valence-electron chi connectivity index (χ4n) is 2.10. The summed E-state index contributed by atoms with van der Waals surface area (Å²) in [7, 11) is -4.68. The second-order valence-corrected chi connectivity index (χ2v) is 6.76. The van der Waals surface area contributed by atoms with Gasteiger partial charge in [-0.1, -0.05) is 36.4 Å². The summed E-state index contributed by atoms with van der Waals surface area (Å²) in [5.41, 5.74) is -0.750. The molecular weight excluding hydrogens is 368 g/mol. The number of nitrogens with two attached hydrogens (primary N) is 1. The van der Waals surface area contributed by atoms with Crippen molar-refractivity contribution in [3.63, 3.8) is 0 Å². The van der Waals surface area contributed by atoms with E-state index in [9.17, 15) is 22.0 Å². The van der Waals surface area contributed by atoms with Crippen LogP contribution in [0, 0.1) is 11.6 Å². The summed E-state index contributed by atoms with van der Waals surface area (Å²) >= 11 is 0. The van der Waals surface area contributed by atoms with Crippen molar-refractivity contribution in [3.8, 4) is 0 Å². The molecule has 3 N–H and O–H groups in total. The van der Waals surface area contributed by atoms with Crippen LogP contribution < -0.4 is 10.3 Å². The first-order chi connectivity index (χ1) is 12.3. The van der Waals surface area contributed by atoms with Crippen molar-refractivity contribution in [2.45, 2.75) is 5.16 Å². The Morgan fingerprint density at radius 1 is 1.04 bits per heavy atom. The van der Waals surface area contributed by atoms with E-state index in [1.807, 2.05) is 5.10 Å². The van der Waals surface area contributed by atoms with E-state index in [1.165, 1.54) is 12.1 Å². The molecule has 0 aliphatic carbocycles. The summed E-state index contributed by atoms with van der Waals surface area (Å²) in [4.78, 5) is 15.8. The fourth-order valence-corrected chi connectivity index (χ4v) is 3.06. The molecule has 26 heavy (non-hydrogen) atoms. The molecular formula is C15H11F2N5O3S. The van der Waals surface area contributed by atoms with E-state index in [4.69, 9.17) is 5.84 Å². The number of ketones is 1. The summed E-state index contributed by atoms with van der Waals surface area (Å²) in [6.07, 6.45) is 0. The number of benzene rings is 2. The van der Waals surface area contributed by atoms with Gasteiger partial charge in [0.05, 0.1) is 0 Å². The molecule has 0 aliphatic heterocycles. The van der Waals surface area contributed by atoms with E-state index < -0.39 is 44.1 Å². The van der Waals surface area contributed by atoms with Crippen molar-refractivity contribution in [2.24, 2.45) is 5.84 Å². The molecule has 3 rings (SSSR count). The van der Waals surface area contributed by atoms with E-state index in [-0.39, 0.29) is 9.98 Å². The summed E-state index contributed by atoms with van der Waals surface area (Å²) in [5, 5.41) is 4.76. The molecule has 8 nitrogen and oxygen atoms in total. The number of anilines is 1. The predicted molar refractivity (Wildman–Crippen MR) is 86.5 cm³/mol. The standard InChI is InChI=1S/C15H11F2N5O3S/c16-10-7-4-8-11(17)12(10)22(18)26(24,25)15-19-14(20-21-15)13(23)9-5-2-1-3-6-9/h1-8H,18H2,(H,19,20,21). The number of carbonyl (C=O) groups is 1. The Morgan fingerprint density at radius 3 is 2.27 bits per heavy atom. The van der Waals surface area contributed by atoms with Crippen LogP contribution in [-0.4, -0.2) is 29.4 Å². The van der Waals surface area contributed by atoms with Gasteiger partial charge < -0.3 is 0 Å². The van der Waals surface area contributed by atoms with Gasteiger partial charge in [0.15, 0.2) is 11.6 Å². The third-order valence-corrected chi connectivity index (χ3v) is 4.74. The van der Waals surface area contributed by atoms with E-state index in [0.29, 0.717) is 0 Å². The summed E-state index contributed by atoms with van der Waals surface area (Å²) < 4.78 is 52.3. The number of hydrazine groups is 1. The number of halogens is 2. The molecule has 0 saturated heterocycles. The maximum absolute atomic E-state index is 13.8. The second-order valence-electron chi connectivity index (χ2n) is 5.03. The molecule has 2 aromatic carbocycles. The number of para-hydroxylation sites is 1. The summed E-state index contributed by atoms with van der Waals surface area (Å²) in [5.74, 6) is 1.96. The van der Waals surface area contributed by atoms with Gasteiger partial charge in [0.1, 0.15) is 5.69 Å². The maximum atomic E-state index is 13.8. The number of rotatable bonds is 5. The molecule has 0 saturated carbocycles. The van der Waals surface area contributed by atoms with Crippen LogP contribution in [0.2, 0.25) is 0 Å². The molecule has 1 aromatic heterocycles. The number of nitrogens with one attached hydrogen (secondary N) is 1. The van der Waals surface area contributed by atoms with Crippen LogP contribution >= 0.6 is 0 Å². The third kappa shape index (κ3) is 3.05. The van der Waals surface area contributed by atoms with Crippen LogP contribution in [-0.2, 0) is 10.0 Å². The molecule has 0 unspecified atom stereocenters. The fraction of sp³-hybridized carbons (Fsp3) is 0. The van der Waals surface area contributed by atoms with Crippen LogP contribution in [0.15, 0.2) is 53.7 Å². The number of hydrogen-bond acceptors (Lipinski definition) is 6. The lowest BCUT2D eigenvalue weighted by Crippen LogP contribution is -2.39. The molecule has 0 radical (unpaired) electrons. The molecule has 0 fully saturated rings. The Hall–Kier alpha value is -3.18. The number of hydrogen-bond donors (Lipinski definition) is 2. The van der Waals surface area contributed by atoms with Gasteiger partial charge in [-0.2, -0.15) is 17.8 Å². The van der Waals surface area contributed by atoms with E-state index >= 15 is 0 Å². The van der Waals surface area contributed by atoms with E-state index in [0.717, 1.165) is 18.2 Å². The number of nitrogens with zero attached hydrogens (tertiary/aromatic N) is 3. The van der Waals surface area contributed by atoms with Gasteiger partial charge in [0.2, 0.25) is 11.6 Å². The highest BCUT2D eigenvalue weighted by Crippen LogP contribution is 2.25. The van der Waals surface area contributed by atoms with Crippen LogP contribution in [0.25, 0.3) is 0 Å². The topological polar surface area (TPSA) is 122 Å². The van der Waals surface area contributed by atoms with Crippen molar-refractivity contribution >= 4 is 21.5 Å². The van der Waals surface area contributed by atoms with Gasteiger partial charge >= 0.3 is 10.0 Å². The Labute approximate surface area is 146 Å². The average molecular weight is 379 g/mol. The first-order valence-electron chi connectivity index (χ1n) is 7.08. The summed E-state index contributed by atoms with van der Waals surface area (Å²) in [6, 6.07) is 10.7. The van der Waals surface area contributed by atoms with Crippen LogP contribution in [0.4, 0.5) is 14.5 Å². The average Bonchev–Trinajstić information content (AvgIpc) is 3.12. The number of sulfonamides is 1. The Kier molecular flexibility index (Phi) is 4.49. The molecule has 11 heteroatoms. The lowest BCUT2D eigenvalue weighted by molar-refractivity contribution is 0.102. The highest BCUT2D eigenvalue weighted by Gasteiger charge is 2.31. The maximum Gasteiger partial charge on any atom is 0.313 e. The number of carbonyl (C=O) groups excluding carboxylic acids is 1.